The third-order valence-electron chi connectivity index (χ3n) is 14.3. The van der Waals surface area contributed by atoms with Gasteiger partial charge in [-0.05, 0) is 128 Å². The van der Waals surface area contributed by atoms with Crippen molar-refractivity contribution in [3.05, 3.63) is 248 Å². The van der Waals surface area contributed by atoms with Gasteiger partial charge in [0.1, 0.15) is 0 Å². The molecule has 0 saturated carbocycles. The van der Waals surface area contributed by atoms with E-state index in [4.69, 9.17) is 9.97 Å². The minimum Gasteiger partial charge on any atom is -0.309 e. The lowest BCUT2D eigenvalue weighted by Crippen LogP contribution is -2.00. The van der Waals surface area contributed by atoms with Crippen LogP contribution in [0.1, 0.15) is 11.1 Å². The predicted octanol–water partition coefficient (Wildman–Crippen LogP) is 17.1. The summed E-state index contributed by atoms with van der Waals surface area (Å²) in [5.41, 5.74) is 20.0. The molecule has 0 radical (unpaired) electrons. The minimum atomic E-state index is 0.692. The van der Waals surface area contributed by atoms with Gasteiger partial charge in [0.25, 0.3) is 0 Å². The summed E-state index contributed by atoms with van der Waals surface area (Å²) in [6.45, 7) is 4.37. The molecule has 0 bridgehead atoms. The standard InChI is InChI=1S/C66H45N5/c1-42-28-31-63-55(36-42)57-39-48(30-33-65(57)69(63)49-20-7-4-8-21-49)59-41-58(67-66(68-59)44-16-5-3-6-17-44)47-19-15-18-45(37-47)46-29-32-64-56(38-46)54-24-11-14-27-62(54)71(64)51-35-43(2)34-50(40-51)70-60-25-12-9-22-52(60)53-23-10-13-26-61(53)70/h3-41H,1-2H3. The molecule has 0 saturated heterocycles. The molecule has 0 atom stereocenters. The SMILES string of the molecule is Cc1cc(-n2c3ccccc3c3ccccc32)cc(-n2c3ccccc3c3cc(-c4cccc(-c5cc(-c6ccc7c(c6)c6cc(C)ccc6n7-c6ccccc6)nc(-c6ccccc6)n5)c4)ccc32)c1. The molecular formula is C66H45N5. The van der Waals surface area contributed by atoms with Crippen LogP contribution in [0.5, 0.6) is 0 Å². The predicted molar refractivity (Wildman–Crippen MR) is 296 cm³/mol. The van der Waals surface area contributed by atoms with Gasteiger partial charge >= 0.3 is 0 Å². The van der Waals surface area contributed by atoms with Gasteiger partial charge in [0, 0.05) is 66.1 Å². The van der Waals surface area contributed by atoms with Crippen LogP contribution in [0.2, 0.25) is 0 Å². The number of hydrogen-bond acceptors (Lipinski definition) is 2. The normalized spacial score (nSPS) is 11.8. The first-order chi connectivity index (χ1) is 35.0. The molecule has 0 spiro atoms. The number of hydrogen-bond donors (Lipinski definition) is 0. The van der Waals surface area contributed by atoms with Crippen LogP contribution in [0.15, 0.2) is 237 Å². The van der Waals surface area contributed by atoms with Crippen molar-refractivity contribution in [2.75, 3.05) is 0 Å². The number of rotatable bonds is 7. The van der Waals surface area contributed by atoms with Crippen molar-refractivity contribution in [3.8, 4) is 62.1 Å². The van der Waals surface area contributed by atoms with Gasteiger partial charge in [-0.2, -0.15) is 0 Å². The van der Waals surface area contributed by atoms with Gasteiger partial charge in [0.2, 0.25) is 0 Å². The molecule has 4 heterocycles. The fourth-order valence-electron chi connectivity index (χ4n) is 11.1. The molecule has 14 rings (SSSR count). The number of para-hydroxylation sites is 4. The molecule has 4 aromatic heterocycles. The minimum absolute atomic E-state index is 0.692. The molecule has 10 aromatic carbocycles. The molecule has 0 unspecified atom stereocenters. The Bertz CT molecular complexity index is 4370. The largest absolute Gasteiger partial charge is 0.309 e. The second-order valence-electron chi connectivity index (χ2n) is 18.8. The Kier molecular flexibility index (Phi) is 9.26. The van der Waals surface area contributed by atoms with Crippen molar-refractivity contribution in [1.29, 1.82) is 0 Å². The second-order valence-corrected chi connectivity index (χ2v) is 18.8. The van der Waals surface area contributed by atoms with E-state index in [1.807, 2.05) is 6.07 Å². The van der Waals surface area contributed by atoms with Crippen molar-refractivity contribution in [1.82, 2.24) is 23.7 Å². The Morgan fingerprint density at radius 2 is 0.676 bits per heavy atom. The molecule has 0 aliphatic carbocycles. The van der Waals surface area contributed by atoms with Gasteiger partial charge < -0.3 is 13.7 Å². The van der Waals surface area contributed by atoms with Gasteiger partial charge in [-0.15, -0.1) is 0 Å². The highest BCUT2D eigenvalue weighted by Gasteiger charge is 2.19. The Morgan fingerprint density at radius 1 is 0.254 bits per heavy atom. The van der Waals surface area contributed by atoms with E-state index in [9.17, 15) is 0 Å². The van der Waals surface area contributed by atoms with E-state index in [1.54, 1.807) is 0 Å². The fraction of sp³-hybridized carbons (Fsp3) is 0.0303. The van der Waals surface area contributed by atoms with Crippen molar-refractivity contribution in [3.63, 3.8) is 0 Å². The van der Waals surface area contributed by atoms with Gasteiger partial charge in [-0.25, -0.2) is 9.97 Å². The highest BCUT2D eigenvalue weighted by molar-refractivity contribution is 6.12. The zero-order valence-electron chi connectivity index (χ0n) is 39.3. The number of aromatic nitrogens is 5. The first-order valence-corrected chi connectivity index (χ1v) is 24.3. The zero-order chi connectivity index (χ0) is 47.2. The van der Waals surface area contributed by atoms with Crippen LogP contribution in [0, 0.1) is 13.8 Å². The number of benzene rings is 10. The zero-order valence-corrected chi connectivity index (χ0v) is 39.3. The highest BCUT2D eigenvalue weighted by Crippen LogP contribution is 2.40. The summed E-state index contributed by atoms with van der Waals surface area (Å²) in [5, 5.41) is 7.35. The number of nitrogens with zero attached hydrogens (tertiary/aromatic N) is 5. The van der Waals surface area contributed by atoms with Crippen molar-refractivity contribution < 1.29 is 0 Å². The van der Waals surface area contributed by atoms with E-state index in [1.165, 1.54) is 65.5 Å². The summed E-state index contributed by atoms with van der Waals surface area (Å²) in [7, 11) is 0. The van der Waals surface area contributed by atoms with Gasteiger partial charge in [0.15, 0.2) is 5.82 Å². The van der Waals surface area contributed by atoms with Gasteiger partial charge in [-0.1, -0.05) is 145 Å². The van der Waals surface area contributed by atoms with E-state index in [0.717, 1.165) is 67.3 Å². The van der Waals surface area contributed by atoms with Crippen molar-refractivity contribution in [2.24, 2.45) is 0 Å². The summed E-state index contributed by atoms with van der Waals surface area (Å²) in [5.74, 6) is 0.692. The van der Waals surface area contributed by atoms with Crippen molar-refractivity contribution in [2.45, 2.75) is 13.8 Å². The average molecular weight is 908 g/mol. The van der Waals surface area contributed by atoms with Gasteiger partial charge in [0.05, 0.1) is 44.5 Å². The van der Waals surface area contributed by atoms with Crippen LogP contribution < -0.4 is 0 Å². The third-order valence-corrected chi connectivity index (χ3v) is 14.3. The van der Waals surface area contributed by atoms with Crippen molar-refractivity contribution >= 4 is 65.4 Å². The number of aryl methyl sites for hydroxylation is 2. The quantitative estimate of drug-likeness (QED) is 0.160. The Hall–Kier alpha value is -9.32. The second kappa shape index (κ2) is 16.2. The molecule has 0 amide bonds. The van der Waals surface area contributed by atoms with E-state index in [0.29, 0.717) is 5.82 Å². The molecule has 71 heavy (non-hydrogen) atoms. The maximum absolute atomic E-state index is 5.28. The first-order valence-electron chi connectivity index (χ1n) is 24.3. The topological polar surface area (TPSA) is 40.6 Å². The summed E-state index contributed by atoms with van der Waals surface area (Å²) in [6, 6.07) is 85.5. The molecule has 14 aromatic rings. The Labute approximate surface area is 410 Å². The average Bonchev–Trinajstić information content (AvgIpc) is 4.06. The lowest BCUT2D eigenvalue weighted by atomic mass is 9.99. The molecule has 0 N–H and O–H groups in total. The summed E-state index contributed by atoms with van der Waals surface area (Å²) >= 11 is 0. The smallest absolute Gasteiger partial charge is 0.160 e. The molecule has 0 aliphatic heterocycles. The Morgan fingerprint density at radius 3 is 1.31 bits per heavy atom. The maximum atomic E-state index is 5.28. The number of fused-ring (bicyclic) bond motifs is 9. The van der Waals surface area contributed by atoms with Crippen LogP contribution in [0.4, 0.5) is 0 Å². The van der Waals surface area contributed by atoms with E-state index >= 15 is 0 Å². The highest BCUT2D eigenvalue weighted by atomic mass is 15.0. The van der Waals surface area contributed by atoms with Crippen LogP contribution in [-0.2, 0) is 0 Å². The van der Waals surface area contributed by atoms with Crippen LogP contribution in [0.25, 0.3) is 128 Å². The summed E-state index contributed by atoms with van der Waals surface area (Å²) in [4.78, 5) is 10.5. The lowest BCUT2D eigenvalue weighted by molar-refractivity contribution is 1.12. The van der Waals surface area contributed by atoms with Crippen LogP contribution >= 0.6 is 0 Å². The van der Waals surface area contributed by atoms with E-state index in [-0.39, 0.29) is 0 Å². The first kappa shape index (κ1) is 40.7. The van der Waals surface area contributed by atoms with Crippen LogP contribution in [0.3, 0.4) is 0 Å². The molecule has 0 fully saturated rings. The molecule has 5 nitrogen and oxygen atoms in total. The molecule has 334 valence electrons. The van der Waals surface area contributed by atoms with Crippen LogP contribution in [-0.4, -0.2) is 23.7 Å². The monoisotopic (exact) mass is 907 g/mol. The van der Waals surface area contributed by atoms with E-state index < -0.39 is 0 Å². The Balaban J connectivity index is 0.889. The third kappa shape index (κ3) is 6.69. The molecular weight excluding hydrogens is 863 g/mol. The van der Waals surface area contributed by atoms with E-state index in [2.05, 4.69) is 258 Å². The summed E-state index contributed by atoms with van der Waals surface area (Å²) < 4.78 is 7.21. The molecule has 0 aliphatic rings. The molecule has 5 heteroatoms. The summed E-state index contributed by atoms with van der Waals surface area (Å²) in [6.07, 6.45) is 0. The lowest BCUT2D eigenvalue weighted by Gasteiger charge is -2.14. The maximum Gasteiger partial charge on any atom is 0.160 e. The van der Waals surface area contributed by atoms with Gasteiger partial charge in [-0.3, -0.25) is 0 Å². The fourth-order valence-corrected chi connectivity index (χ4v) is 11.1.